The van der Waals surface area contributed by atoms with Gasteiger partial charge in [0.25, 0.3) is 0 Å². The number of cyclic esters (lactones) is 1. The topological polar surface area (TPSA) is 82.0 Å². The maximum atomic E-state index is 13.4. The van der Waals surface area contributed by atoms with Crippen molar-refractivity contribution in [2.24, 2.45) is 4.99 Å². The van der Waals surface area contributed by atoms with Crippen molar-refractivity contribution < 1.29 is 26.5 Å². The fourth-order valence-corrected chi connectivity index (χ4v) is 3.76. The molecule has 0 saturated carbocycles. The average molecular weight is 458 g/mol. The Hall–Kier alpha value is -3.49. The van der Waals surface area contributed by atoms with E-state index in [2.05, 4.69) is 4.99 Å². The summed E-state index contributed by atoms with van der Waals surface area (Å²) in [6, 6.07) is 17.1. The monoisotopic (exact) mass is 457 g/mol. The van der Waals surface area contributed by atoms with Crippen molar-refractivity contribution in [3.05, 3.63) is 100 Å². The van der Waals surface area contributed by atoms with Gasteiger partial charge in [0, 0.05) is 10.6 Å². The Balaban J connectivity index is 1.52. The largest absolute Gasteiger partial charge is 0.402 e. The van der Waals surface area contributed by atoms with E-state index in [1.54, 1.807) is 18.2 Å². The Morgan fingerprint density at radius 3 is 2.39 bits per heavy atom. The van der Waals surface area contributed by atoms with E-state index in [9.17, 15) is 17.6 Å². The summed E-state index contributed by atoms with van der Waals surface area (Å²) in [6.45, 7) is 0. The van der Waals surface area contributed by atoms with Crippen LogP contribution < -0.4 is 4.18 Å². The Morgan fingerprint density at radius 1 is 1.00 bits per heavy atom. The van der Waals surface area contributed by atoms with Crippen LogP contribution in [0.5, 0.6) is 5.75 Å². The molecule has 0 fully saturated rings. The highest BCUT2D eigenvalue weighted by Crippen LogP contribution is 2.23. The summed E-state index contributed by atoms with van der Waals surface area (Å²) >= 11 is 5.77. The van der Waals surface area contributed by atoms with Gasteiger partial charge in [0.1, 0.15) is 16.5 Å². The van der Waals surface area contributed by atoms with Crippen LogP contribution in [0.2, 0.25) is 5.02 Å². The van der Waals surface area contributed by atoms with Gasteiger partial charge in [-0.25, -0.2) is 14.2 Å². The fourth-order valence-electron chi connectivity index (χ4n) is 2.71. The number of hydrogen-bond acceptors (Lipinski definition) is 6. The minimum Gasteiger partial charge on any atom is -0.402 e. The van der Waals surface area contributed by atoms with E-state index in [1.807, 2.05) is 0 Å². The molecule has 1 aliphatic rings. The summed E-state index contributed by atoms with van der Waals surface area (Å²) in [5, 5.41) is 0.407. The van der Waals surface area contributed by atoms with Crippen molar-refractivity contribution >= 4 is 39.7 Å². The van der Waals surface area contributed by atoms with Gasteiger partial charge in [-0.2, -0.15) is 8.42 Å². The smallest absolute Gasteiger partial charge is 0.363 e. The molecular formula is C22H13ClFNO5S. The minimum atomic E-state index is -4.02. The van der Waals surface area contributed by atoms with E-state index in [4.69, 9.17) is 20.5 Å². The van der Waals surface area contributed by atoms with Crippen LogP contribution in [0, 0.1) is 5.82 Å². The molecule has 0 aromatic heterocycles. The predicted octanol–water partition coefficient (Wildman–Crippen LogP) is 4.59. The number of carbonyl (C=O) groups is 1. The Labute approximate surface area is 182 Å². The van der Waals surface area contributed by atoms with Gasteiger partial charge in [0.15, 0.2) is 5.70 Å². The molecule has 0 saturated heterocycles. The van der Waals surface area contributed by atoms with Crippen LogP contribution >= 0.6 is 11.6 Å². The molecule has 0 amide bonds. The SMILES string of the molecule is O=C1OC(c2cccc(F)c2)=N/C1=C\c1ccc(OS(=O)(=O)c2ccc(Cl)cc2)cc1. The zero-order chi connectivity index (χ0) is 22.0. The van der Waals surface area contributed by atoms with Crippen molar-refractivity contribution in [1.82, 2.24) is 0 Å². The number of nitrogens with zero attached hydrogens (tertiary/aromatic N) is 1. The summed E-state index contributed by atoms with van der Waals surface area (Å²) in [4.78, 5) is 16.1. The van der Waals surface area contributed by atoms with Crippen molar-refractivity contribution in [1.29, 1.82) is 0 Å². The molecule has 0 bridgehead atoms. The zero-order valence-corrected chi connectivity index (χ0v) is 17.2. The molecule has 0 unspecified atom stereocenters. The van der Waals surface area contributed by atoms with Crippen molar-refractivity contribution in [3.63, 3.8) is 0 Å². The molecule has 0 spiro atoms. The summed E-state index contributed by atoms with van der Waals surface area (Å²) in [5.41, 5.74) is 0.932. The van der Waals surface area contributed by atoms with Gasteiger partial charge in [0.05, 0.1) is 0 Å². The second-order valence-corrected chi connectivity index (χ2v) is 8.39. The van der Waals surface area contributed by atoms with Crippen LogP contribution in [0.25, 0.3) is 6.08 Å². The van der Waals surface area contributed by atoms with E-state index in [0.717, 1.165) is 0 Å². The molecular weight excluding hydrogens is 445 g/mol. The Morgan fingerprint density at radius 2 is 1.71 bits per heavy atom. The van der Waals surface area contributed by atoms with E-state index in [0.29, 0.717) is 16.1 Å². The number of aliphatic imine (C=N–C) groups is 1. The molecule has 9 heteroatoms. The molecule has 3 aromatic carbocycles. The first-order valence-corrected chi connectivity index (χ1v) is 10.7. The average Bonchev–Trinajstić information content (AvgIpc) is 3.10. The van der Waals surface area contributed by atoms with Gasteiger partial charge in [-0.05, 0) is 66.2 Å². The van der Waals surface area contributed by atoms with Crippen LogP contribution in [0.3, 0.4) is 0 Å². The summed E-state index contributed by atoms with van der Waals surface area (Å²) in [6.07, 6.45) is 1.46. The molecule has 1 aliphatic heterocycles. The summed E-state index contributed by atoms with van der Waals surface area (Å²) in [5.74, 6) is -1.05. The number of hydrogen-bond donors (Lipinski definition) is 0. The molecule has 0 aliphatic carbocycles. The number of halogens is 2. The van der Waals surface area contributed by atoms with E-state index in [-0.39, 0.29) is 22.2 Å². The van der Waals surface area contributed by atoms with Crippen LogP contribution in [0.4, 0.5) is 4.39 Å². The molecule has 0 radical (unpaired) electrons. The maximum absolute atomic E-state index is 13.4. The van der Waals surface area contributed by atoms with E-state index in [1.165, 1.54) is 60.7 Å². The molecule has 0 atom stereocenters. The first kappa shape index (κ1) is 20.8. The predicted molar refractivity (Wildman–Crippen MR) is 113 cm³/mol. The number of rotatable bonds is 5. The lowest BCUT2D eigenvalue weighted by Gasteiger charge is -2.07. The zero-order valence-electron chi connectivity index (χ0n) is 15.7. The molecule has 1 heterocycles. The van der Waals surface area contributed by atoms with Gasteiger partial charge >= 0.3 is 16.1 Å². The van der Waals surface area contributed by atoms with Gasteiger partial charge < -0.3 is 8.92 Å². The third-order valence-electron chi connectivity index (χ3n) is 4.18. The molecule has 31 heavy (non-hydrogen) atoms. The number of ether oxygens (including phenoxy) is 1. The first-order valence-electron chi connectivity index (χ1n) is 8.89. The maximum Gasteiger partial charge on any atom is 0.363 e. The number of carbonyl (C=O) groups excluding carboxylic acids is 1. The van der Waals surface area contributed by atoms with Gasteiger partial charge in [-0.15, -0.1) is 0 Å². The van der Waals surface area contributed by atoms with Gasteiger partial charge in [-0.1, -0.05) is 29.8 Å². The third-order valence-corrected chi connectivity index (χ3v) is 5.70. The summed E-state index contributed by atoms with van der Waals surface area (Å²) in [7, 11) is -4.02. The normalized spacial score (nSPS) is 15.0. The highest BCUT2D eigenvalue weighted by molar-refractivity contribution is 7.87. The molecule has 0 N–H and O–H groups in total. The molecule has 156 valence electrons. The highest BCUT2D eigenvalue weighted by atomic mass is 35.5. The molecule has 6 nitrogen and oxygen atoms in total. The van der Waals surface area contributed by atoms with Crippen molar-refractivity contribution in [3.8, 4) is 5.75 Å². The first-order chi connectivity index (χ1) is 14.8. The highest BCUT2D eigenvalue weighted by Gasteiger charge is 2.24. The second-order valence-electron chi connectivity index (χ2n) is 6.41. The lowest BCUT2D eigenvalue weighted by molar-refractivity contribution is -0.129. The lowest BCUT2D eigenvalue weighted by Crippen LogP contribution is -2.09. The van der Waals surface area contributed by atoms with Gasteiger partial charge in [0.2, 0.25) is 5.90 Å². The Bertz CT molecular complexity index is 1320. The standard InChI is InChI=1S/C22H13ClFNO5S/c23-16-6-10-19(11-7-16)31(27,28)30-18-8-4-14(5-9-18)12-20-22(26)29-21(25-20)15-2-1-3-17(24)13-15/h1-13H/b20-12-. The van der Waals surface area contributed by atoms with Crippen molar-refractivity contribution in [2.45, 2.75) is 4.90 Å². The molecule has 3 aromatic rings. The van der Waals surface area contributed by atoms with Crippen molar-refractivity contribution in [2.75, 3.05) is 0 Å². The van der Waals surface area contributed by atoms with Crippen LogP contribution in [0.15, 0.2) is 88.4 Å². The molecule has 4 rings (SSSR count). The number of esters is 1. The van der Waals surface area contributed by atoms with Crippen LogP contribution in [0.1, 0.15) is 11.1 Å². The quantitative estimate of drug-likeness (QED) is 0.318. The lowest BCUT2D eigenvalue weighted by atomic mass is 10.2. The second kappa shape index (κ2) is 8.33. The Kier molecular flexibility index (Phi) is 5.58. The third kappa shape index (κ3) is 4.82. The van der Waals surface area contributed by atoms with Gasteiger partial charge in [-0.3, -0.25) is 0 Å². The number of benzene rings is 3. The minimum absolute atomic E-state index is 0.00441. The fraction of sp³-hybridized carbons (Fsp3) is 0. The van der Waals surface area contributed by atoms with E-state index >= 15 is 0 Å². The van der Waals surface area contributed by atoms with Crippen LogP contribution in [-0.2, 0) is 19.6 Å². The van der Waals surface area contributed by atoms with Crippen LogP contribution in [-0.4, -0.2) is 20.3 Å². The van der Waals surface area contributed by atoms with E-state index < -0.39 is 21.9 Å². The summed E-state index contributed by atoms with van der Waals surface area (Å²) < 4.78 is 48.2.